The van der Waals surface area contributed by atoms with E-state index in [-0.39, 0.29) is 17.3 Å². The maximum absolute atomic E-state index is 13.8. The SMILES string of the molecule is CC(C)(C)[N+]1(C(=O)[C@@H](O)[C@H](Cc2ccccc2)NC(=O)[C@@H](N)CC(N)=O)CCC[C@H]1C(N)=O. The van der Waals surface area contributed by atoms with Crippen LogP contribution in [0.15, 0.2) is 30.3 Å². The van der Waals surface area contributed by atoms with E-state index in [1.54, 1.807) is 24.3 Å². The number of rotatable bonds is 9. The second-order valence-electron chi connectivity index (χ2n) is 9.69. The minimum Gasteiger partial charge on any atom is -0.378 e. The van der Waals surface area contributed by atoms with Crippen molar-refractivity contribution < 1.29 is 28.8 Å². The first-order chi connectivity index (χ1) is 15.3. The fourth-order valence-electron chi connectivity index (χ4n) is 4.78. The lowest BCUT2D eigenvalue weighted by Gasteiger charge is -2.47. The quantitative estimate of drug-likeness (QED) is 0.296. The van der Waals surface area contributed by atoms with Crippen LogP contribution in [0.4, 0.5) is 0 Å². The van der Waals surface area contributed by atoms with Crippen molar-refractivity contribution in [1.82, 2.24) is 5.32 Å². The standard InChI is InChI=1S/C23H35N5O5/c1-23(2,3)28(11-7-10-17(28)20(26)31)22(33)19(30)16(12-14-8-5-4-6-9-14)27-21(32)15(24)13-18(25)29/h4-6,8-9,15-17,19,30H,7,10-13,24H2,1-3H3,(H4-,25,26,27,29,31,32)/p+1/t15-,16-,17-,19-,28?/m0/s1. The highest BCUT2D eigenvalue weighted by Crippen LogP contribution is 2.38. The Bertz CT molecular complexity index is 885. The van der Waals surface area contributed by atoms with E-state index >= 15 is 0 Å². The van der Waals surface area contributed by atoms with Gasteiger partial charge in [0.15, 0.2) is 12.1 Å². The van der Waals surface area contributed by atoms with Crippen molar-refractivity contribution in [3.05, 3.63) is 35.9 Å². The number of carbonyl (C=O) groups excluding carboxylic acids is 4. The molecule has 2 rings (SSSR count). The van der Waals surface area contributed by atoms with Crippen LogP contribution in [0.25, 0.3) is 0 Å². The average Bonchev–Trinajstić information content (AvgIpc) is 3.19. The summed E-state index contributed by atoms with van der Waals surface area (Å²) in [5.41, 5.74) is 16.6. The number of nitrogens with one attached hydrogen (secondary N) is 1. The van der Waals surface area contributed by atoms with E-state index in [0.717, 1.165) is 5.56 Å². The van der Waals surface area contributed by atoms with E-state index in [1.165, 1.54) is 0 Å². The van der Waals surface area contributed by atoms with Crippen LogP contribution < -0.4 is 22.5 Å². The zero-order valence-electron chi connectivity index (χ0n) is 19.5. The third-order valence-electron chi connectivity index (χ3n) is 6.46. The monoisotopic (exact) mass is 462 g/mol. The number of hydrogen-bond acceptors (Lipinski definition) is 6. The molecule has 1 saturated heterocycles. The van der Waals surface area contributed by atoms with Gasteiger partial charge in [-0.2, -0.15) is 0 Å². The molecule has 1 fully saturated rings. The van der Waals surface area contributed by atoms with Crippen LogP contribution in [0.1, 0.15) is 45.6 Å². The van der Waals surface area contributed by atoms with E-state index in [9.17, 15) is 24.3 Å². The third kappa shape index (κ3) is 5.76. The van der Waals surface area contributed by atoms with Crippen molar-refractivity contribution >= 4 is 23.6 Å². The molecule has 0 bridgehead atoms. The summed E-state index contributed by atoms with van der Waals surface area (Å²) in [7, 11) is 0. The lowest BCUT2D eigenvalue weighted by atomic mass is 9.93. The van der Waals surface area contributed by atoms with Crippen molar-refractivity contribution in [2.45, 2.75) is 76.2 Å². The largest absolute Gasteiger partial charge is 0.378 e. The summed E-state index contributed by atoms with van der Waals surface area (Å²) in [5, 5.41) is 13.9. The van der Waals surface area contributed by atoms with Gasteiger partial charge in [0.25, 0.3) is 5.91 Å². The van der Waals surface area contributed by atoms with Crippen LogP contribution in [-0.2, 0) is 25.6 Å². The molecule has 182 valence electrons. The minimum absolute atomic E-state index is 0.133. The van der Waals surface area contributed by atoms with E-state index in [2.05, 4.69) is 5.32 Å². The van der Waals surface area contributed by atoms with Crippen molar-refractivity contribution in [2.75, 3.05) is 6.54 Å². The summed E-state index contributed by atoms with van der Waals surface area (Å²) in [4.78, 5) is 49.9. The molecular weight excluding hydrogens is 426 g/mol. The lowest BCUT2D eigenvalue weighted by Crippen LogP contribution is -2.72. The highest BCUT2D eigenvalue weighted by Gasteiger charge is 2.60. The Morgan fingerprint density at radius 3 is 2.27 bits per heavy atom. The van der Waals surface area contributed by atoms with Gasteiger partial charge in [0, 0.05) is 12.8 Å². The first-order valence-electron chi connectivity index (χ1n) is 11.1. The van der Waals surface area contributed by atoms with Gasteiger partial charge in [-0.25, -0.2) is 9.28 Å². The van der Waals surface area contributed by atoms with E-state index in [1.807, 2.05) is 26.8 Å². The number of hydrogen-bond donors (Lipinski definition) is 5. The zero-order chi connectivity index (χ0) is 25.0. The summed E-state index contributed by atoms with van der Waals surface area (Å²) in [6.07, 6.45) is -0.852. The Morgan fingerprint density at radius 2 is 1.76 bits per heavy atom. The van der Waals surface area contributed by atoms with Gasteiger partial charge in [0.1, 0.15) is 0 Å². The average molecular weight is 463 g/mol. The molecule has 1 heterocycles. The Hall–Kier alpha value is -2.82. The molecule has 4 amide bonds. The minimum atomic E-state index is -1.64. The smallest absolute Gasteiger partial charge is 0.345 e. The van der Waals surface area contributed by atoms with Gasteiger partial charge in [-0.05, 0) is 32.8 Å². The summed E-state index contributed by atoms with van der Waals surface area (Å²) in [6.45, 7) is 5.82. The molecule has 0 aliphatic carbocycles. The number of aliphatic hydroxyl groups excluding tert-OH is 1. The normalized spacial score (nSPS) is 23.4. The molecular formula is C23H36N5O5+. The molecule has 0 saturated carbocycles. The van der Waals surface area contributed by atoms with Gasteiger partial charge in [-0.1, -0.05) is 30.3 Å². The number of amides is 4. The number of quaternary nitrogens is 1. The maximum atomic E-state index is 13.8. The van der Waals surface area contributed by atoms with Gasteiger partial charge in [-0.3, -0.25) is 14.4 Å². The van der Waals surface area contributed by atoms with Crippen LogP contribution in [0.3, 0.4) is 0 Å². The third-order valence-corrected chi connectivity index (χ3v) is 6.46. The van der Waals surface area contributed by atoms with Gasteiger partial charge in [0.05, 0.1) is 30.6 Å². The van der Waals surface area contributed by atoms with E-state index < -0.39 is 53.4 Å². The number of nitrogens with zero attached hydrogens (tertiary/aromatic N) is 1. The molecule has 10 heteroatoms. The number of primary amides is 2. The Morgan fingerprint density at radius 1 is 1.15 bits per heavy atom. The number of likely N-dealkylation sites (tertiary alicyclic amines) is 1. The van der Waals surface area contributed by atoms with Gasteiger partial charge in [-0.15, -0.1) is 0 Å². The van der Waals surface area contributed by atoms with Crippen molar-refractivity contribution in [1.29, 1.82) is 0 Å². The molecule has 1 aromatic carbocycles. The second kappa shape index (κ2) is 10.4. The van der Waals surface area contributed by atoms with Crippen LogP contribution in [0, 0.1) is 0 Å². The van der Waals surface area contributed by atoms with Crippen LogP contribution in [0.5, 0.6) is 0 Å². The topological polar surface area (TPSA) is 179 Å². The van der Waals surface area contributed by atoms with Crippen LogP contribution >= 0.6 is 0 Å². The first kappa shape index (κ1) is 26.4. The Balaban J connectivity index is 2.41. The predicted molar refractivity (Wildman–Crippen MR) is 122 cm³/mol. The fourth-order valence-corrected chi connectivity index (χ4v) is 4.78. The fraction of sp³-hybridized carbons (Fsp3) is 0.565. The summed E-state index contributed by atoms with van der Waals surface area (Å²) in [6, 6.07) is 5.98. The number of aliphatic hydroxyl groups is 1. The van der Waals surface area contributed by atoms with Crippen molar-refractivity contribution in [3.8, 4) is 0 Å². The second-order valence-corrected chi connectivity index (χ2v) is 9.69. The highest BCUT2D eigenvalue weighted by molar-refractivity contribution is 5.89. The molecule has 8 N–H and O–H groups in total. The van der Waals surface area contributed by atoms with Crippen molar-refractivity contribution in [3.63, 3.8) is 0 Å². The molecule has 1 aliphatic rings. The molecule has 1 aromatic rings. The Labute approximate surface area is 194 Å². The molecule has 0 spiro atoms. The van der Waals surface area contributed by atoms with Gasteiger partial charge in [0.2, 0.25) is 11.8 Å². The maximum Gasteiger partial charge on any atom is 0.345 e. The van der Waals surface area contributed by atoms with Crippen LogP contribution in [0.2, 0.25) is 0 Å². The number of carbonyl (C=O) groups is 4. The highest BCUT2D eigenvalue weighted by atomic mass is 16.3. The first-order valence-corrected chi connectivity index (χ1v) is 11.1. The molecule has 0 radical (unpaired) electrons. The molecule has 5 atom stereocenters. The number of benzene rings is 1. The summed E-state index contributed by atoms with van der Waals surface area (Å²) >= 11 is 0. The van der Waals surface area contributed by atoms with E-state index in [0.29, 0.717) is 19.4 Å². The molecule has 10 nitrogen and oxygen atoms in total. The zero-order valence-corrected chi connectivity index (χ0v) is 19.5. The van der Waals surface area contributed by atoms with Crippen molar-refractivity contribution in [2.24, 2.45) is 17.2 Å². The summed E-state index contributed by atoms with van der Waals surface area (Å²) < 4.78 is -0.308. The van der Waals surface area contributed by atoms with Gasteiger partial charge >= 0.3 is 5.91 Å². The molecule has 0 aromatic heterocycles. The summed E-state index contributed by atoms with van der Waals surface area (Å²) in [5.74, 6) is -2.65. The number of nitrogens with two attached hydrogens (primary N) is 3. The Kier molecular flexibility index (Phi) is 8.34. The molecule has 1 unspecified atom stereocenters. The van der Waals surface area contributed by atoms with E-state index in [4.69, 9.17) is 17.2 Å². The molecule has 33 heavy (non-hydrogen) atoms. The van der Waals surface area contributed by atoms with Crippen LogP contribution in [-0.4, -0.2) is 69.5 Å². The van der Waals surface area contributed by atoms with Gasteiger partial charge < -0.3 is 27.6 Å². The predicted octanol–water partition coefficient (Wildman–Crippen LogP) is -0.933. The molecule has 1 aliphatic heterocycles. The lowest BCUT2D eigenvalue weighted by molar-refractivity contribution is -0.904.